The molecule has 3 amide bonds. The third kappa shape index (κ3) is 7.95. The molecule has 1 aliphatic rings. The SMILES string of the molecule is CC(C)(C)OC(=O)N1CCC[C@H]1C(=O)Nc1ccc(Nc2cc(NCc3ccccc3)c(CC(N)=O)cn2)cc1. The molecule has 4 rings (SSSR count). The number of carbonyl (C=O) groups is 3. The first kappa shape index (κ1) is 28.4. The summed E-state index contributed by atoms with van der Waals surface area (Å²) < 4.78 is 5.46. The zero-order chi connectivity index (χ0) is 28.7. The lowest BCUT2D eigenvalue weighted by molar-refractivity contribution is -0.120. The van der Waals surface area contributed by atoms with Crippen LogP contribution in [0.4, 0.5) is 27.7 Å². The Labute approximate surface area is 234 Å². The molecule has 1 atom stereocenters. The molecule has 0 saturated carbocycles. The van der Waals surface area contributed by atoms with Gasteiger partial charge in [-0.2, -0.15) is 0 Å². The monoisotopic (exact) mass is 544 g/mol. The van der Waals surface area contributed by atoms with E-state index in [2.05, 4.69) is 20.9 Å². The molecule has 0 spiro atoms. The molecule has 210 valence electrons. The zero-order valence-corrected chi connectivity index (χ0v) is 23.1. The van der Waals surface area contributed by atoms with Crippen molar-refractivity contribution in [2.75, 3.05) is 22.5 Å². The number of amides is 3. The van der Waals surface area contributed by atoms with Gasteiger partial charge in [0.25, 0.3) is 0 Å². The predicted octanol–water partition coefficient (Wildman–Crippen LogP) is 4.80. The van der Waals surface area contributed by atoms with Gasteiger partial charge in [-0.25, -0.2) is 9.78 Å². The first-order valence-electron chi connectivity index (χ1n) is 13.3. The fourth-order valence-electron chi connectivity index (χ4n) is 4.43. The lowest BCUT2D eigenvalue weighted by atomic mass is 10.1. The summed E-state index contributed by atoms with van der Waals surface area (Å²) >= 11 is 0. The number of aromatic nitrogens is 1. The van der Waals surface area contributed by atoms with E-state index in [0.717, 1.165) is 23.4 Å². The molecule has 3 aromatic rings. The molecule has 0 radical (unpaired) electrons. The van der Waals surface area contributed by atoms with E-state index in [4.69, 9.17) is 10.5 Å². The topological polar surface area (TPSA) is 139 Å². The van der Waals surface area contributed by atoms with E-state index in [0.29, 0.717) is 36.6 Å². The number of likely N-dealkylation sites (tertiary alicyclic amines) is 1. The maximum atomic E-state index is 13.0. The van der Waals surface area contributed by atoms with Crippen LogP contribution in [0.15, 0.2) is 66.9 Å². The molecule has 0 bridgehead atoms. The van der Waals surface area contributed by atoms with Crippen LogP contribution in [0.25, 0.3) is 0 Å². The lowest BCUT2D eigenvalue weighted by Gasteiger charge is -2.28. The normalized spacial score (nSPS) is 14.9. The van der Waals surface area contributed by atoms with E-state index in [-0.39, 0.29) is 12.3 Å². The second-order valence-corrected chi connectivity index (χ2v) is 10.7. The van der Waals surface area contributed by atoms with E-state index < -0.39 is 23.6 Å². The molecule has 0 aliphatic carbocycles. The molecular weight excluding hydrogens is 508 g/mol. The Morgan fingerprint density at radius 3 is 2.42 bits per heavy atom. The summed E-state index contributed by atoms with van der Waals surface area (Å²) in [6, 6.07) is 18.4. The molecule has 1 aliphatic heterocycles. The third-order valence-corrected chi connectivity index (χ3v) is 6.29. The van der Waals surface area contributed by atoms with Crippen molar-refractivity contribution < 1.29 is 19.1 Å². The quantitative estimate of drug-likeness (QED) is 0.303. The number of hydrogen-bond donors (Lipinski definition) is 4. The van der Waals surface area contributed by atoms with E-state index >= 15 is 0 Å². The number of primary amides is 1. The Kier molecular flexibility index (Phi) is 8.88. The number of benzene rings is 2. The number of hydrogen-bond acceptors (Lipinski definition) is 7. The van der Waals surface area contributed by atoms with Gasteiger partial charge in [0.15, 0.2) is 0 Å². The molecule has 40 heavy (non-hydrogen) atoms. The van der Waals surface area contributed by atoms with Gasteiger partial charge in [0.05, 0.1) is 6.42 Å². The summed E-state index contributed by atoms with van der Waals surface area (Å²) in [6.07, 6.45) is 2.56. The van der Waals surface area contributed by atoms with Gasteiger partial charge in [-0.15, -0.1) is 0 Å². The Morgan fingerprint density at radius 1 is 1.05 bits per heavy atom. The average molecular weight is 545 g/mol. The highest BCUT2D eigenvalue weighted by Crippen LogP contribution is 2.25. The van der Waals surface area contributed by atoms with Crippen molar-refractivity contribution in [2.45, 2.75) is 58.2 Å². The first-order valence-corrected chi connectivity index (χ1v) is 13.3. The van der Waals surface area contributed by atoms with Crippen molar-refractivity contribution in [3.63, 3.8) is 0 Å². The summed E-state index contributed by atoms with van der Waals surface area (Å²) in [7, 11) is 0. The van der Waals surface area contributed by atoms with Gasteiger partial charge in [-0.1, -0.05) is 30.3 Å². The van der Waals surface area contributed by atoms with Gasteiger partial charge in [0, 0.05) is 48.0 Å². The molecule has 1 aromatic heterocycles. The van der Waals surface area contributed by atoms with Crippen molar-refractivity contribution in [3.05, 3.63) is 78.0 Å². The number of nitrogens with zero attached hydrogens (tertiary/aromatic N) is 2. The summed E-state index contributed by atoms with van der Waals surface area (Å²) in [5.41, 5.74) is 8.75. The third-order valence-electron chi connectivity index (χ3n) is 6.29. The maximum absolute atomic E-state index is 13.0. The molecule has 1 saturated heterocycles. The lowest BCUT2D eigenvalue weighted by Crippen LogP contribution is -2.45. The highest BCUT2D eigenvalue weighted by Gasteiger charge is 2.36. The first-order chi connectivity index (χ1) is 19.1. The summed E-state index contributed by atoms with van der Waals surface area (Å²) in [5, 5.41) is 9.53. The number of anilines is 4. The molecule has 10 nitrogen and oxygen atoms in total. The minimum atomic E-state index is -0.626. The summed E-state index contributed by atoms with van der Waals surface area (Å²) in [5.74, 6) is -0.0980. The minimum absolute atomic E-state index is 0.0746. The second kappa shape index (κ2) is 12.5. The van der Waals surface area contributed by atoms with Crippen molar-refractivity contribution in [3.8, 4) is 0 Å². The van der Waals surface area contributed by atoms with Crippen LogP contribution in [0, 0.1) is 0 Å². The second-order valence-electron chi connectivity index (χ2n) is 10.7. The fourth-order valence-corrected chi connectivity index (χ4v) is 4.43. The Morgan fingerprint density at radius 2 is 1.75 bits per heavy atom. The van der Waals surface area contributed by atoms with Gasteiger partial charge in [-0.3, -0.25) is 14.5 Å². The standard InChI is InChI=1S/C30H36N6O4/c1-30(2,3)40-29(39)36-15-7-10-25(36)28(38)35-23-13-11-22(12-14-23)34-27-17-24(21(19-33-27)16-26(31)37)32-18-20-8-5-4-6-9-20/h4-6,8-9,11-14,17,19,25H,7,10,15-16,18H2,1-3H3,(H2,31,37)(H,35,38)(H2,32,33,34)/t25-/m0/s1. The van der Waals surface area contributed by atoms with Gasteiger partial charge >= 0.3 is 6.09 Å². The van der Waals surface area contributed by atoms with Crippen LogP contribution in [0.5, 0.6) is 0 Å². The summed E-state index contributed by atoms with van der Waals surface area (Å²) in [6.45, 7) is 6.48. The number of carbonyl (C=O) groups excluding carboxylic acids is 3. The smallest absolute Gasteiger partial charge is 0.410 e. The molecule has 1 fully saturated rings. The maximum Gasteiger partial charge on any atom is 0.410 e. The molecule has 0 unspecified atom stereocenters. The van der Waals surface area contributed by atoms with E-state index in [9.17, 15) is 14.4 Å². The molecule has 2 heterocycles. The van der Waals surface area contributed by atoms with Crippen molar-refractivity contribution >= 4 is 40.8 Å². The number of nitrogens with two attached hydrogens (primary N) is 1. The Hall–Kier alpha value is -4.60. The average Bonchev–Trinajstić information content (AvgIpc) is 3.40. The van der Waals surface area contributed by atoms with Crippen LogP contribution in [0.1, 0.15) is 44.7 Å². The van der Waals surface area contributed by atoms with Crippen LogP contribution in [0.2, 0.25) is 0 Å². The predicted molar refractivity (Wildman–Crippen MR) is 155 cm³/mol. The minimum Gasteiger partial charge on any atom is -0.444 e. The Balaban J connectivity index is 1.39. The molecule has 5 N–H and O–H groups in total. The van der Waals surface area contributed by atoms with Gasteiger partial charge in [0.1, 0.15) is 17.5 Å². The number of rotatable bonds is 9. The largest absolute Gasteiger partial charge is 0.444 e. The van der Waals surface area contributed by atoms with Crippen molar-refractivity contribution in [2.24, 2.45) is 5.73 Å². The van der Waals surface area contributed by atoms with Gasteiger partial charge in [0.2, 0.25) is 11.8 Å². The van der Waals surface area contributed by atoms with Crippen molar-refractivity contribution in [1.82, 2.24) is 9.88 Å². The molecule has 2 aromatic carbocycles. The van der Waals surface area contributed by atoms with Crippen LogP contribution in [0.3, 0.4) is 0 Å². The van der Waals surface area contributed by atoms with E-state index in [1.165, 1.54) is 4.90 Å². The number of pyridine rings is 1. The zero-order valence-electron chi connectivity index (χ0n) is 23.1. The van der Waals surface area contributed by atoms with Crippen LogP contribution in [-0.2, 0) is 27.3 Å². The van der Waals surface area contributed by atoms with Gasteiger partial charge < -0.3 is 26.4 Å². The highest BCUT2D eigenvalue weighted by molar-refractivity contribution is 5.97. The summed E-state index contributed by atoms with van der Waals surface area (Å²) in [4.78, 5) is 43.0. The van der Waals surface area contributed by atoms with Crippen LogP contribution in [-0.4, -0.2) is 46.0 Å². The van der Waals surface area contributed by atoms with Crippen LogP contribution >= 0.6 is 0 Å². The van der Waals surface area contributed by atoms with Crippen molar-refractivity contribution in [1.29, 1.82) is 0 Å². The van der Waals surface area contributed by atoms with E-state index in [1.807, 2.05) is 48.5 Å². The number of ether oxygens (including phenoxy) is 1. The highest BCUT2D eigenvalue weighted by atomic mass is 16.6. The number of nitrogens with one attached hydrogen (secondary N) is 3. The Bertz CT molecular complexity index is 1340. The fraction of sp³-hybridized carbons (Fsp3) is 0.333. The molecular formula is C30H36N6O4. The van der Waals surface area contributed by atoms with Crippen LogP contribution < -0.4 is 21.7 Å². The van der Waals surface area contributed by atoms with Gasteiger partial charge in [-0.05, 0) is 63.4 Å². The molecule has 10 heteroatoms. The van der Waals surface area contributed by atoms with E-state index in [1.54, 1.807) is 39.1 Å².